The molecule has 1 saturated heterocycles. The molecule has 2 aliphatic carbocycles. The quantitative estimate of drug-likeness (QED) is 0.264. The highest BCUT2D eigenvalue weighted by Crippen LogP contribution is 2.50. The Balaban J connectivity index is 0.00000100. The fourth-order valence-electron chi connectivity index (χ4n) is 6.72. The van der Waals surface area contributed by atoms with Gasteiger partial charge in [-0.05, 0) is 74.3 Å². The molecule has 0 bridgehead atoms. The van der Waals surface area contributed by atoms with Crippen LogP contribution in [0.2, 0.25) is 0 Å². The maximum Gasteiger partial charge on any atom is 0.307 e. The third-order valence-electron chi connectivity index (χ3n) is 9.07. The fraction of sp³-hybridized carbons (Fsp3) is 0.611. The van der Waals surface area contributed by atoms with Gasteiger partial charge >= 0.3 is 5.97 Å². The lowest BCUT2D eigenvalue weighted by Gasteiger charge is -2.21. The van der Waals surface area contributed by atoms with E-state index in [0.717, 1.165) is 29.7 Å². The van der Waals surface area contributed by atoms with E-state index in [9.17, 15) is 9.59 Å². The molecule has 1 heterocycles. The maximum absolute atomic E-state index is 13.4. The number of ketones is 1. The number of aryl methyl sites for hydroxylation is 2. The van der Waals surface area contributed by atoms with Crippen LogP contribution in [-0.2, 0) is 20.7 Å². The summed E-state index contributed by atoms with van der Waals surface area (Å²) in [6.07, 6.45) is 8.38. The monoisotopic (exact) mass is 532 g/mol. The first-order chi connectivity index (χ1) is 18.9. The Hall–Kier alpha value is -2.42. The van der Waals surface area contributed by atoms with E-state index in [0.29, 0.717) is 5.92 Å². The van der Waals surface area contributed by atoms with Gasteiger partial charge in [-0.3, -0.25) is 9.59 Å². The van der Waals surface area contributed by atoms with Crippen LogP contribution in [0.1, 0.15) is 108 Å². The summed E-state index contributed by atoms with van der Waals surface area (Å²) in [6.45, 7) is 14.7. The molecule has 1 aliphatic heterocycles. The van der Waals surface area contributed by atoms with Gasteiger partial charge in [-0.25, -0.2) is 0 Å². The number of rotatable bonds is 7. The van der Waals surface area contributed by atoms with Gasteiger partial charge < -0.3 is 4.74 Å². The van der Waals surface area contributed by atoms with Crippen molar-refractivity contribution in [3.05, 3.63) is 70.8 Å². The minimum atomic E-state index is -0.405. The zero-order chi connectivity index (χ0) is 28.5. The fourth-order valence-corrected chi connectivity index (χ4v) is 6.72. The maximum atomic E-state index is 13.4. The summed E-state index contributed by atoms with van der Waals surface area (Å²) in [7, 11) is 0. The number of benzene rings is 2. The lowest BCUT2D eigenvalue weighted by Crippen LogP contribution is -2.21. The van der Waals surface area contributed by atoms with Gasteiger partial charge in [0.05, 0.1) is 12.3 Å². The van der Waals surface area contributed by atoms with E-state index >= 15 is 0 Å². The summed E-state index contributed by atoms with van der Waals surface area (Å²) in [5.41, 5.74) is 4.95. The number of Topliss-reactive ketones (excluding diaryl/α,β-unsaturated/α-hetero) is 1. The van der Waals surface area contributed by atoms with E-state index in [2.05, 4.69) is 38.1 Å². The molecule has 2 aromatic carbocycles. The third-order valence-corrected chi connectivity index (χ3v) is 9.07. The first-order valence-corrected chi connectivity index (χ1v) is 15.7. The first-order valence-electron chi connectivity index (χ1n) is 15.7. The Kier molecular flexibility index (Phi) is 11.8. The molecule has 2 saturated carbocycles. The number of carbonyl (C=O) groups excluding carboxylic acids is 2. The van der Waals surface area contributed by atoms with Gasteiger partial charge in [0.2, 0.25) is 0 Å². The molecule has 39 heavy (non-hydrogen) atoms. The van der Waals surface area contributed by atoms with Crippen LogP contribution >= 0.6 is 0 Å². The van der Waals surface area contributed by atoms with Crippen LogP contribution < -0.4 is 0 Å². The second-order valence-corrected chi connectivity index (χ2v) is 11.8. The highest BCUT2D eigenvalue weighted by molar-refractivity contribution is 5.91. The highest BCUT2D eigenvalue weighted by Gasteiger charge is 2.51. The van der Waals surface area contributed by atoms with E-state index in [1.807, 2.05) is 58.9 Å². The molecule has 0 aromatic heterocycles. The molecule has 3 aliphatic rings. The van der Waals surface area contributed by atoms with Crippen LogP contribution in [0.3, 0.4) is 0 Å². The van der Waals surface area contributed by atoms with Crippen molar-refractivity contribution in [2.24, 2.45) is 35.5 Å². The van der Waals surface area contributed by atoms with Crippen molar-refractivity contribution in [2.75, 3.05) is 0 Å². The summed E-state index contributed by atoms with van der Waals surface area (Å²) in [6, 6.07) is 17.1. The molecule has 5 unspecified atom stereocenters. The van der Waals surface area contributed by atoms with Crippen molar-refractivity contribution in [1.29, 1.82) is 0 Å². The van der Waals surface area contributed by atoms with Gasteiger partial charge in [-0.15, -0.1) is 0 Å². The molecule has 7 atom stereocenters. The third kappa shape index (κ3) is 8.29. The first kappa shape index (κ1) is 31.1. The van der Waals surface area contributed by atoms with E-state index in [-0.39, 0.29) is 30.0 Å². The molecular formula is C36H52O3. The predicted octanol–water partition coefficient (Wildman–Crippen LogP) is 9.24. The van der Waals surface area contributed by atoms with Gasteiger partial charge in [0, 0.05) is 5.92 Å². The number of carbonyl (C=O) groups is 2. The van der Waals surface area contributed by atoms with E-state index in [4.69, 9.17) is 4.74 Å². The Bertz CT molecular complexity index is 1060. The van der Waals surface area contributed by atoms with Gasteiger partial charge in [-0.2, -0.15) is 0 Å². The lowest BCUT2D eigenvalue weighted by atomic mass is 9.84. The van der Waals surface area contributed by atoms with Gasteiger partial charge in [0.1, 0.15) is 11.9 Å². The molecule has 3 fully saturated rings. The van der Waals surface area contributed by atoms with Crippen molar-refractivity contribution >= 4 is 11.8 Å². The summed E-state index contributed by atoms with van der Waals surface area (Å²) < 4.78 is 5.62. The highest BCUT2D eigenvalue weighted by atomic mass is 16.6. The van der Waals surface area contributed by atoms with Crippen LogP contribution in [0, 0.1) is 49.4 Å². The predicted molar refractivity (Wildman–Crippen MR) is 162 cm³/mol. The Labute approximate surface area is 238 Å². The zero-order valence-electron chi connectivity index (χ0n) is 25.5. The molecule has 0 radical (unpaired) electrons. The second-order valence-electron chi connectivity index (χ2n) is 11.8. The van der Waals surface area contributed by atoms with Crippen LogP contribution in [-0.4, -0.2) is 11.8 Å². The van der Waals surface area contributed by atoms with Crippen LogP contribution in [0.5, 0.6) is 0 Å². The van der Waals surface area contributed by atoms with Crippen molar-refractivity contribution in [3.63, 3.8) is 0 Å². The van der Waals surface area contributed by atoms with Crippen LogP contribution in [0.25, 0.3) is 0 Å². The SMILES string of the molecule is CC.CC.Cc1ccc([C@H]2OC(=O)C[C@@H]2C(=O)C2CC2CC2CCC(C)C(Cc3cccc(C)c3)CC2)cc1. The Morgan fingerprint density at radius 1 is 0.846 bits per heavy atom. The average molecular weight is 533 g/mol. The summed E-state index contributed by atoms with van der Waals surface area (Å²) in [5.74, 6) is 2.61. The number of esters is 1. The molecular weight excluding hydrogens is 480 g/mol. The number of ether oxygens (including phenoxy) is 1. The molecule has 5 rings (SSSR count). The van der Waals surface area contributed by atoms with E-state index in [1.54, 1.807) is 0 Å². The smallest absolute Gasteiger partial charge is 0.307 e. The molecule has 3 heteroatoms. The average Bonchev–Trinajstić information content (AvgIpc) is 3.65. The van der Waals surface area contributed by atoms with E-state index < -0.39 is 6.10 Å². The summed E-state index contributed by atoms with van der Waals surface area (Å²) >= 11 is 0. The topological polar surface area (TPSA) is 43.4 Å². The second kappa shape index (κ2) is 14.8. The lowest BCUT2D eigenvalue weighted by molar-refractivity contribution is -0.141. The molecule has 0 amide bonds. The molecule has 0 spiro atoms. The summed E-state index contributed by atoms with van der Waals surface area (Å²) in [5, 5.41) is 0. The molecule has 0 N–H and O–H groups in total. The minimum Gasteiger partial charge on any atom is -0.457 e. The van der Waals surface area contributed by atoms with Gasteiger partial charge in [0.25, 0.3) is 0 Å². The zero-order valence-corrected chi connectivity index (χ0v) is 25.5. The Morgan fingerprint density at radius 2 is 1.54 bits per heavy atom. The van der Waals surface area contributed by atoms with Crippen molar-refractivity contribution in [1.82, 2.24) is 0 Å². The van der Waals surface area contributed by atoms with Crippen molar-refractivity contribution < 1.29 is 14.3 Å². The minimum absolute atomic E-state index is 0.131. The normalized spacial score (nSPS) is 29.6. The Morgan fingerprint density at radius 3 is 2.23 bits per heavy atom. The standard InChI is InChI=1S/C32H40O3.2C2H6/c1-20-7-12-25(13-8-20)32-29(19-30(33)35-32)31(34)28-18-27(28)16-23-10-9-22(3)26(14-11-23)17-24-6-4-5-21(2)15-24;2*1-2/h4-8,12-13,15,22-23,26-29,32H,9-11,14,16-19H2,1-3H3;2*1-2H3/t22?,23?,26?,27?,28?,29-,32-;;/m1../s1. The summed E-state index contributed by atoms with van der Waals surface area (Å²) in [4.78, 5) is 25.6. The molecule has 214 valence electrons. The molecule has 2 aromatic rings. The van der Waals surface area contributed by atoms with Crippen LogP contribution in [0.4, 0.5) is 0 Å². The van der Waals surface area contributed by atoms with Crippen molar-refractivity contribution in [2.45, 2.75) is 106 Å². The number of hydrogen-bond acceptors (Lipinski definition) is 3. The van der Waals surface area contributed by atoms with Gasteiger partial charge in [0.15, 0.2) is 0 Å². The van der Waals surface area contributed by atoms with Crippen LogP contribution in [0.15, 0.2) is 48.5 Å². The number of cyclic esters (lactones) is 1. The number of hydrogen-bond donors (Lipinski definition) is 0. The largest absolute Gasteiger partial charge is 0.457 e. The van der Waals surface area contributed by atoms with E-state index in [1.165, 1.54) is 55.2 Å². The van der Waals surface area contributed by atoms with Crippen molar-refractivity contribution in [3.8, 4) is 0 Å². The molecule has 3 nitrogen and oxygen atoms in total. The van der Waals surface area contributed by atoms with Gasteiger partial charge in [-0.1, -0.05) is 114 Å².